The highest BCUT2D eigenvalue weighted by Gasteiger charge is 2.28. The first-order valence-electron chi connectivity index (χ1n) is 6.14. The van der Waals surface area contributed by atoms with Crippen molar-refractivity contribution in [3.8, 4) is 5.75 Å². The van der Waals surface area contributed by atoms with Crippen molar-refractivity contribution >= 4 is 11.6 Å². The summed E-state index contributed by atoms with van der Waals surface area (Å²) in [6.45, 7) is 3.68. The third-order valence-corrected chi connectivity index (χ3v) is 2.72. The minimum atomic E-state index is -4.64. The minimum Gasteiger partial charge on any atom is -0.491 e. The van der Waals surface area contributed by atoms with E-state index in [1.54, 1.807) is 18.2 Å². The number of halogens is 4. The van der Waals surface area contributed by atoms with E-state index in [1.807, 2.05) is 13.8 Å². The van der Waals surface area contributed by atoms with Crippen molar-refractivity contribution in [2.75, 3.05) is 13.2 Å². The zero-order valence-electron chi connectivity index (χ0n) is 11.3. The largest absolute Gasteiger partial charge is 0.522 e. The van der Waals surface area contributed by atoms with E-state index in [0.717, 1.165) is 5.56 Å². The Bertz CT molecular complexity index is 425. The molecule has 0 aliphatic heterocycles. The zero-order chi connectivity index (χ0) is 15.2. The van der Waals surface area contributed by atoms with Crippen molar-refractivity contribution in [1.82, 2.24) is 5.32 Å². The molecule has 0 heterocycles. The maximum absolute atomic E-state index is 11.8. The van der Waals surface area contributed by atoms with Gasteiger partial charge in [-0.1, -0.05) is 31.5 Å². The van der Waals surface area contributed by atoms with Crippen LogP contribution in [0.3, 0.4) is 0 Å². The van der Waals surface area contributed by atoms with Crippen molar-refractivity contribution in [1.29, 1.82) is 0 Å². The molecule has 0 unspecified atom stereocenters. The molecule has 7 heteroatoms. The van der Waals surface area contributed by atoms with Crippen LogP contribution in [-0.2, 0) is 11.3 Å². The molecule has 0 aliphatic carbocycles. The Kier molecular flexibility index (Phi) is 6.58. The fourth-order valence-electron chi connectivity index (χ4n) is 1.46. The highest BCUT2D eigenvalue weighted by atomic mass is 35.5. The Morgan fingerprint density at radius 3 is 2.55 bits per heavy atom. The van der Waals surface area contributed by atoms with Crippen LogP contribution in [0, 0.1) is 0 Å². The van der Waals surface area contributed by atoms with E-state index in [2.05, 4.69) is 10.1 Å². The molecule has 0 bridgehead atoms. The number of nitrogens with one attached hydrogen (secondary N) is 1. The first kappa shape index (κ1) is 17.1. The van der Waals surface area contributed by atoms with Gasteiger partial charge in [0.1, 0.15) is 12.4 Å². The van der Waals surface area contributed by atoms with E-state index < -0.39 is 13.0 Å². The smallest absolute Gasteiger partial charge is 0.491 e. The monoisotopic (exact) mass is 311 g/mol. The van der Waals surface area contributed by atoms with Gasteiger partial charge in [-0.05, 0) is 12.1 Å². The molecule has 0 radical (unpaired) electrons. The van der Waals surface area contributed by atoms with E-state index in [1.165, 1.54) is 0 Å². The summed E-state index contributed by atoms with van der Waals surface area (Å²) in [4.78, 5) is 0. The molecule has 0 spiro atoms. The molecule has 1 aromatic rings. The summed E-state index contributed by atoms with van der Waals surface area (Å²) in [7, 11) is 0. The van der Waals surface area contributed by atoms with Crippen molar-refractivity contribution in [3.63, 3.8) is 0 Å². The molecule has 0 aromatic heterocycles. The number of hydrogen-bond donors (Lipinski definition) is 1. The van der Waals surface area contributed by atoms with Gasteiger partial charge in [0, 0.05) is 23.2 Å². The van der Waals surface area contributed by atoms with E-state index in [0.29, 0.717) is 17.3 Å². The Hall–Kier alpha value is -0.980. The Morgan fingerprint density at radius 1 is 1.25 bits per heavy atom. The lowest BCUT2D eigenvalue weighted by atomic mass is 10.2. The summed E-state index contributed by atoms with van der Waals surface area (Å²) in [5.74, 6) is 0.455. The molecule has 114 valence electrons. The van der Waals surface area contributed by atoms with Gasteiger partial charge in [-0.3, -0.25) is 4.74 Å². The van der Waals surface area contributed by atoms with Crippen LogP contribution in [0.4, 0.5) is 13.2 Å². The van der Waals surface area contributed by atoms with Gasteiger partial charge < -0.3 is 10.1 Å². The Balaban J connectivity index is 2.58. The van der Waals surface area contributed by atoms with Crippen molar-refractivity contribution in [3.05, 3.63) is 28.8 Å². The fraction of sp³-hybridized carbons (Fsp3) is 0.538. The molecular formula is C13H17ClF3NO2. The van der Waals surface area contributed by atoms with Crippen molar-refractivity contribution in [2.24, 2.45) is 0 Å². The van der Waals surface area contributed by atoms with Gasteiger partial charge in [-0.25, -0.2) is 0 Å². The lowest BCUT2D eigenvalue weighted by molar-refractivity contribution is -0.325. The van der Waals surface area contributed by atoms with E-state index in [9.17, 15) is 13.2 Å². The lowest BCUT2D eigenvalue weighted by Crippen LogP contribution is -2.23. The van der Waals surface area contributed by atoms with E-state index >= 15 is 0 Å². The molecule has 3 nitrogen and oxygen atoms in total. The van der Waals surface area contributed by atoms with Crippen LogP contribution in [0.15, 0.2) is 18.2 Å². The third kappa shape index (κ3) is 6.45. The molecule has 20 heavy (non-hydrogen) atoms. The van der Waals surface area contributed by atoms with Crippen LogP contribution in [-0.4, -0.2) is 25.6 Å². The SMILES string of the molecule is CC(C)NCc1c(Cl)cccc1OCCOC(F)(F)F. The van der Waals surface area contributed by atoms with Gasteiger partial charge in [0.25, 0.3) is 0 Å². The van der Waals surface area contributed by atoms with Crippen LogP contribution in [0.25, 0.3) is 0 Å². The number of ether oxygens (including phenoxy) is 2. The van der Waals surface area contributed by atoms with Gasteiger partial charge in [0.15, 0.2) is 0 Å². The third-order valence-electron chi connectivity index (χ3n) is 2.37. The normalized spacial score (nSPS) is 11.9. The maximum Gasteiger partial charge on any atom is 0.522 e. The summed E-state index contributed by atoms with van der Waals surface area (Å²) in [5.41, 5.74) is 0.717. The molecule has 0 atom stereocenters. The molecule has 1 rings (SSSR count). The van der Waals surface area contributed by atoms with Crippen LogP contribution in [0.1, 0.15) is 19.4 Å². The van der Waals surface area contributed by atoms with Gasteiger partial charge in [-0.2, -0.15) is 0 Å². The topological polar surface area (TPSA) is 30.5 Å². The first-order valence-corrected chi connectivity index (χ1v) is 6.51. The maximum atomic E-state index is 11.8. The molecule has 0 amide bonds. The standard InChI is InChI=1S/C13H17ClF3NO2/c1-9(2)18-8-10-11(14)4-3-5-12(10)19-6-7-20-13(15,16)17/h3-5,9,18H,6-8H2,1-2H3. The van der Waals surface area contributed by atoms with Gasteiger partial charge in [0.2, 0.25) is 0 Å². The number of benzene rings is 1. The number of rotatable bonds is 7. The number of hydrogen-bond acceptors (Lipinski definition) is 3. The lowest BCUT2D eigenvalue weighted by Gasteiger charge is -2.15. The molecule has 0 saturated heterocycles. The highest BCUT2D eigenvalue weighted by Crippen LogP contribution is 2.26. The number of alkyl halides is 3. The Morgan fingerprint density at radius 2 is 1.95 bits per heavy atom. The summed E-state index contributed by atoms with van der Waals surface area (Å²) in [6, 6.07) is 5.31. The second-order valence-corrected chi connectivity index (χ2v) is 4.80. The quantitative estimate of drug-likeness (QED) is 0.778. The second kappa shape index (κ2) is 7.71. The molecule has 0 saturated carbocycles. The molecular weight excluding hydrogens is 295 g/mol. The summed E-state index contributed by atoms with van der Waals surface area (Å²) >= 11 is 6.07. The summed E-state index contributed by atoms with van der Waals surface area (Å²) in [5, 5.41) is 3.69. The predicted molar refractivity (Wildman–Crippen MR) is 70.9 cm³/mol. The zero-order valence-corrected chi connectivity index (χ0v) is 12.0. The van der Waals surface area contributed by atoms with E-state index in [-0.39, 0.29) is 12.6 Å². The van der Waals surface area contributed by atoms with Crippen LogP contribution < -0.4 is 10.1 Å². The van der Waals surface area contributed by atoms with Gasteiger partial charge in [-0.15, -0.1) is 13.2 Å². The summed E-state index contributed by atoms with van der Waals surface area (Å²) in [6.07, 6.45) is -4.64. The van der Waals surface area contributed by atoms with Crippen LogP contribution in [0.5, 0.6) is 5.75 Å². The molecule has 1 N–H and O–H groups in total. The van der Waals surface area contributed by atoms with Gasteiger partial charge in [0.05, 0.1) is 6.61 Å². The highest BCUT2D eigenvalue weighted by molar-refractivity contribution is 6.31. The van der Waals surface area contributed by atoms with Crippen LogP contribution >= 0.6 is 11.6 Å². The van der Waals surface area contributed by atoms with E-state index in [4.69, 9.17) is 16.3 Å². The second-order valence-electron chi connectivity index (χ2n) is 4.39. The van der Waals surface area contributed by atoms with Crippen LogP contribution in [0.2, 0.25) is 5.02 Å². The fourth-order valence-corrected chi connectivity index (χ4v) is 1.69. The first-order chi connectivity index (χ1) is 9.29. The minimum absolute atomic E-state index is 0.200. The van der Waals surface area contributed by atoms with Gasteiger partial charge >= 0.3 is 6.36 Å². The van der Waals surface area contributed by atoms with Crippen molar-refractivity contribution < 1.29 is 22.6 Å². The van der Waals surface area contributed by atoms with Crippen molar-refractivity contribution in [2.45, 2.75) is 32.8 Å². The molecule has 1 aromatic carbocycles. The predicted octanol–water partition coefficient (Wildman–Crippen LogP) is 3.75. The average Bonchev–Trinajstić information content (AvgIpc) is 2.32. The molecule has 0 fully saturated rings. The molecule has 0 aliphatic rings. The summed E-state index contributed by atoms with van der Waals surface area (Å²) < 4.78 is 44.4. The Labute approximate surface area is 121 Å². The average molecular weight is 312 g/mol.